The van der Waals surface area contributed by atoms with Crippen molar-refractivity contribution >= 4 is 28.9 Å². The van der Waals surface area contributed by atoms with Gasteiger partial charge in [-0.25, -0.2) is 0 Å². The molecule has 0 aliphatic carbocycles. The zero-order valence-corrected chi connectivity index (χ0v) is 15.8. The first kappa shape index (κ1) is 16.7. The van der Waals surface area contributed by atoms with Crippen molar-refractivity contribution in [2.45, 2.75) is 25.4 Å². The van der Waals surface area contributed by atoms with Gasteiger partial charge in [0.25, 0.3) is 0 Å². The highest BCUT2D eigenvalue weighted by molar-refractivity contribution is 7.80. The molecule has 1 saturated heterocycles. The largest absolute Gasteiger partial charge is 0.497 e. The molecule has 0 saturated carbocycles. The molecule has 25 heavy (non-hydrogen) atoms. The summed E-state index contributed by atoms with van der Waals surface area (Å²) in [6, 6.07) is 14.5. The summed E-state index contributed by atoms with van der Waals surface area (Å²) in [7, 11) is 1.69. The molecular formula is C20H21ClN2OS. The summed E-state index contributed by atoms with van der Waals surface area (Å²) in [4.78, 5) is 4.67. The molecule has 0 radical (unpaired) electrons. The minimum absolute atomic E-state index is 0.104. The molecule has 2 aliphatic rings. The second-order valence-corrected chi connectivity index (χ2v) is 7.43. The Kier molecular flexibility index (Phi) is 4.57. The zero-order valence-electron chi connectivity index (χ0n) is 14.2. The van der Waals surface area contributed by atoms with Crippen molar-refractivity contribution in [3.8, 4) is 5.75 Å². The van der Waals surface area contributed by atoms with Crippen LogP contribution in [0, 0.1) is 0 Å². The van der Waals surface area contributed by atoms with Crippen LogP contribution in [0.1, 0.15) is 35.6 Å². The van der Waals surface area contributed by atoms with Gasteiger partial charge in [-0.1, -0.05) is 29.8 Å². The number of rotatable bonds is 2. The molecule has 1 fully saturated rings. The predicted molar refractivity (Wildman–Crippen MR) is 105 cm³/mol. The lowest BCUT2D eigenvalue weighted by Crippen LogP contribution is -2.40. The van der Waals surface area contributed by atoms with Crippen molar-refractivity contribution in [2.24, 2.45) is 0 Å². The number of nitrogens with zero attached hydrogens (tertiary/aromatic N) is 2. The lowest BCUT2D eigenvalue weighted by Gasteiger charge is -2.33. The normalized spacial score (nSPS) is 19.2. The van der Waals surface area contributed by atoms with Gasteiger partial charge in [0.05, 0.1) is 13.2 Å². The maximum absolute atomic E-state index is 6.30. The number of methoxy groups -OCH3 is 1. The van der Waals surface area contributed by atoms with Crippen LogP contribution < -0.4 is 4.74 Å². The van der Waals surface area contributed by atoms with Gasteiger partial charge in [0, 0.05) is 24.7 Å². The fourth-order valence-electron chi connectivity index (χ4n) is 3.82. The predicted octanol–water partition coefficient (Wildman–Crippen LogP) is 4.63. The monoisotopic (exact) mass is 372 g/mol. The third kappa shape index (κ3) is 3.09. The Labute approximate surface area is 159 Å². The summed E-state index contributed by atoms with van der Waals surface area (Å²) in [5.41, 5.74) is 3.76. The first-order chi connectivity index (χ1) is 12.2. The first-order valence-electron chi connectivity index (χ1n) is 8.65. The van der Waals surface area contributed by atoms with E-state index >= 15 is 0 Å². The molecule has 130 valence electrons. The van der Waals surface area contributed by atoms with Crippen LogP contribution in [0.25, 0.3) is 0 Å². The number of benzene rings is 2. The molecule has 2 heterocycles. The van der Waals surface area contributed by atoms with E-state index in [1.54, 1.807) is 7.11 Å². The standard InChI is InChI=1S/C20H21ClN2OS/c1-24-17-8-5-14(6-9-17)19-18-12-16(21)7-4-15(18)13-23(19)20(25)22-10-2-3-11-22/h4-9,12,19H,2-3,10-11,13H2,1H3. The van der Waals surface area contributed by atoms with E-state index in [4.69, 9.17) is 28.6 Å². The number of thiocarbonyl (C=S) groups is 1. The fraction of sp³-hybridized carbons (Fsp3) is 0.350. The van der Waals surface area contributed by atoms with Gasteiger partial charge in [0.2, 0.25) is 0 Å². The molecule has 0 amide bonds. The zero-order chi connectivity index (χ0) is 17.4. The minimum atomic E-state index is 0.104. The van der Waals surface area contributed by atoms with E-state index in [1.807, 2.05) is 18.2 Å². The SMILES string of the molecule is COc1ccc(C2c3cc(Cl)ccc3CN2C(=S)N2CCCC2)cc1. The van der Waals surface area contributed by atoms with E-state index < -0.39 is 0 Å². The topological polar surface area (TPSA) is 15.7 Å². The molecule has 1 unspecified atom stereocenters. The highest BCUT2D eigenvalue weighted by Crippen LogP contribution is 2.41. The Morgan fingerprint density at radius 3 is 2.52 bits per heavy atom. The summed E-state index contributed by atoms with van der Waals surface area (Å²) in [5, 5.41) is 1.72. The molecule has 2 aromatic carbocycles. The smallest absolute Gasteiger partial charge is 0.172 e. The van der Waals surface area contributed by atoms with Crippen LogP contribution in [0.3, 0.4) is 0 Å². The number of likely N-dealkylation sites (tertiary alicyclic amines) is 1. The maximum atomic E-state index is 6.30. The molecule has 2 aromatic rings. The summed E-state index contributed by atoms with van der Waals surface area (Å²) in [6.07, 6.45) is 2.44. The number of hydrogen-bond donors (Lipinski definition) is 0. The molecule has 5 heteroatoms. The fourth-order valence-corrected chi connectivity index (χ4v) is 4.35. The third-order valence-electron chi connectivity index (χ3n) is 5.11. The second kappa shape index (κ2) is 6.85. The number of ether oxygens (including phenoxy) is 1. The van der Waals surface area contributed by atoms with E-state index in [0.29, 0.717) is 0 Å². The van der Waals surface area contributed by atoms with Crippen molar-refractivity contribution in [3.05, 3.63) is 64.2 Å². The van der Waals surface area contributed by atoms with Crippen molar-refractivity contribution in [3.63, 3.8) is 0 Å². The van der Waals surface area contributed by atoms with Gasteiger partial charge in [-0.15, -0.1) is 0 Å². The van der Waals surface area contributed by atoms with Crippen LogP contribution >= 0.6 is 23.8 Å². The van der Waals surface area contributed by atoms with Crippen molar-refractivity contribution in [1.82, 2.24) is 9.80 Å². The van der Waals surface area contributed by atoms with Gasteiger partial charge < -0.3 is 14.5 Å². The van der Waals surface area contributed by atoms with E-state index in [0.717, 1.165) is 35.5 Å². The molecule has 0 spiro atoms. The van der Waals surface area contributed by atoms with E-state index in [1.165, 1.54) is 29.5 Å². The minimum Gasteiger partial charge on any atom is -0.497 e. The Balaban J connectivity index is 1.73. The molecular weight excluding hydrogens is 352 g/mol. The maximum Gasteiger partial charge on any atom is 0.172 e. The molecule has 0 bridgehead atoms. The van der Waals surface area contributed by atoms with E-state index in [2.05, 4.69) is 34.1 Å². The Bertz CT molecular complexity index is 787. The van der Waals surface area contributed by atoms with Crippen LogP contribution in [0.2, 0.25) is 5.02 Å². The first-order valence-corrected chi connectivity index (χ1v) is 9.44. The lowest BCUT2D eigenvalue weighted by molar-refractivity contribution is 0.333. The number of halogens is 1. The van der Waals surface area contributed by atoms with Gasteiger partial charge in [0.1, 0.15) is 5.75 Å². The van der Waals surface area contributed by atoms with E-state index in [9.17, 15) is 0 Å². The molecule has 1 atom stereocenters. The average Bonchev–Trinajstić information content (AvgIpc) is 3.29. The molecule has 0 N–H and O–H groups in total. The summed E-state index contributed by atoms with van der Waals surface area (Å²) in [5.74, 6) is 0.863. The highest BCUT2D eigenvalue weighted by atomic mass is 35.5. The summed E-state index contributed by atoms with van der Waals surface area (Å²) >= 11 is 12.2. The van der Waals surface area contributed by atoms with Crippen molar-refractivity contribution in [1.29, 1.82) is 0 Å². The van der Waals surface area contributed by atoms with Gasteiger partial charge >= 0.3 is 0 Å². The molecule has 4 rings (SSSR count). The Morgan fingerprint density at radius 1 is 1.12 bits per heavy atom. The summed E-state index contributed by atoms with van der Waals surface area (Å²) < 4.78 is 5.31. The quantitative estimate of drug-likeness (QED) is 0.713. The average molecular weight is 373 g/mol. The number of fused-ring (bicyclic) bond motifs is 1. The van der Waals surface area contributed by atoms with Gasteiger partial charge in [0.15, 0.2) is 5.11 Å². The van der Waals surface area contributed by atoms with Crippen LogP contribution in [-0.4, -0.2) is 35.1 Å². The Hall–Kier alpha value is -1.78. The van der Waals surface area contributed by atoms with Crippen molar-refractivity contribution < 1.29 is 4.74 Å². The lowest BCUT2D eigenvalue weighted by atomic mass is 9.98. The number of hydrogen-bond acceptors (Lipinski definition) is 2. The summed E-state index contributed by atoms with van der Waals surface area (Å²) in [6.45, 7) is 2.95. The molecule has 0 aromatic heterocycles. The van der Waals surface area contributed by atoms with Crippen LogP contribution in [-0.2, 0) is 6.54 Å². The van der Waals surface area contributed by atoms with Gasteiger partial charge in [-0.3, -0.25) is 0 Å². The highest BCUT2D eigenvalue weighted by Gasteiger charge is 2.35. The Morgan fingerprint density at radius 2 is 1.84 bits per heavy atom. The van der Waals surface area contributed by atoms with Crippen LogP contribution in [0.15, 0.2) is 42.5 Å². The van der Waals surface area contributed by atoms with Crippen molar-refractivity contribution in [2.75, 3.05) is 20.2 Å². The van der Waals surface area contributed by atoms with Gasteiger partial charge in [-0.2, -0.15) is 0 Å². The molecule has 3 nitrogen and oxygen atoms in total. The van der Waals surface area contributed by atoms with E-state index in [-0.39, 0.29) is 6.04 Å². The van der Waals surface area contributed by atoms with Crippen LogP contribution in [0.5, 0.6) is 5.75 Å². The molecule has 2 aliphatic heterocycles. The third-order valence-corrected chi connectivity index (χ3v) is 5.84. The van der Waals surface area contributed by atoms with Gasteiger partial charge in [-0.05, 0) is 66.0 Å². The second-order valence-electron chi connectivity index (χ2n) is 6.62. The van der Waals surface area contributed by atoms with Crippen LogP contribution in [0.4, 0.5) is 0 Å².